The predicted molar refractivity (Wildman–Crippen MR) is 65.6 cm³/mol. The Morgan fingerprint density at radius 2 is 2.06 bits per heavy atom. The number of hydrogen-bond donors (Lipinski definition) is 3. The summed E-state index contributed by atoms with van der Waals surface area (Å²) >= 11 is 0. The van der Waals surface area contributed by atoms with Gasteiger partial charge in [0.05, 0.1) is 12.1 Å². The minimum atomic E-state index is -0.958. The van der Waals surface area contributed by atoms with Gasteiger partial charge in [0.15, 0.2) is 0 Å². The number of nitrogens with one attached hydrogen (secondary N) is 1. The first-order valence-electron chi connectivity index (χ1n) is 5.68. The molecule has 98 valence electrons. The van der Waals surface area contributed by atoms with Crippen LogP contribution in [0.1, 0.15) is 31.4 Å². The SMILES string of the molecule is C[C@H](NC(=O)C(N)CCC(=O)O)c1ccncc1. The van der Waals surface area contributed by atoms with Crippen LogP contribution >= 0.6 is 0 Å². The lowest BCUT2D eigenvalue weighted by Crippen LogP contribution is -2.41. The summed E-state index contributed by atoms with van der Waals surface area (Å²) in [6.07, 6.45) is 3.30. The molecule has 0 saturated heterocycles. The predicted octanol–water partition coefficient (Wildman–Crippen LogP) is 0.451. The van der Waals surface area contributed by atoms with Crippen LogP contribution in [0.2, 0.25) is 0 Å². The van der Waals surface area contributed by atoms with Crippen LogP contribution in [0.25, 0.3) is 0 Å². The van der Waals surface area contributed by atoms with Gasteiger partial charge in [-0.3, -0.25) is 14.6 Å². The zero-order valence-electron chi connectivity index (χ0n) is 10.2. The Morgan fingerprint density at radius 3 is 2.61 bits per heavy atom. The topological polar surface area (TPSA) is 105 Å². The first kappa shape index (κ1) is 14.1. The van der Waals surface area contributed by atoms with Crippen molar-refractivity contribution in [2.75, 3.05) is 0 Å². The van der Waals surface area contributed by atoms with E-state index in [4.69, 9.17) is 10.8 Å². The van der Waals surface area contributed by atoms with Gasteiger partial charge in [0, 0.05) is 18.8 Å². The number of carbonyl (C=O) groups is 2. The monoisotopic (exact) mass is 251 g/mol. The van der Waals surface area contributed by atoms with Gasteiger partial charge in [0.1, 0.15) is 0 Å². The summed E-state index contributed by atoms with van der Waals surface area (Å²) in [5.41, 5.74) is 6.52. The molecule has 0 aliphatic heterocycles. The second-order valence-electron chi connectivity index (χ2n) is 4.05. The summed E-state index contributed by atoms with van der Waals surface area (Å²) in [6, 6.07) is 2.61. The zero-order valence-corrected chi connectivity index (χ0v) is 10.2. The molecule has 0 aliphatic rings. The summed E-state index contributed by atoms with van der Waals surface area (Å²) in [6.45, 7) is 1.83. The van der Waals surface area contributed by atoms with Gasteiger partial charge in [-0.25, -0.2) is 0 Å². The molecular formula is C12H17N3O3. The van der Waals surface area contributed by atoms with Crippen LogP contribution < -0.4 is 11.1 Å². The number of carboxylic acids is 1. The lowest BCUT2D eigenvalue weighted by atomic mass is 10.1. The number of aromatic nitrogens is 1. The Bertz CT molecular complexity index is 408. The fourth-order valence-electron chi connectivity index (χ4n) is 1.47. The standard InChI is InChI=1S/C12H17N3O3/c1-8(9-4-6-14-7-5-9)15-12(18)10(13)2-3-11(16)17/h4-8,10H,2-3,13H2,1H3,(H,15,18)(H,16,17)/t8-,10?/m0/s1. The fourth-order valence-corrected chi connectivity index (χ4v) is 1.47. The molecule has 0 aromatic carbocycles. The van der Waals surface area contributed by atoms with Crippen molar-refractivity contribution in [2.24, 2.45) is 5.73 Å². The highest BCUT2D eigenvalue weighted by molar-refractivity contribution is 5.82. The van der Waals surface area contributed by atoms with E-state index >= 15 is 0 Å². The van der Waals surface area contributed by atoms with Crippen LogP contribution in [0, 0.1) is 0 Å². The Kier molecular flexibility index (Phi) is 5.26. The summed E-state index contributed by atoms with van der Waals surface area (Å²) in [7, 11) is 0. The fraction of sp³-hybridized carbons (Fsp3) is 0.417. The first-order chi connectivity index (χ1) is 8.50. The van der Waals surface area contributed by atoms with Crippen LogP contribution in [0.15, 0.2) is 24.5 Å². The van der Waals surface area contributed by atoms with E-state index in [1.165, 1.54) is 0 Å². The number of nitrogens with two attached hydrogens (primary N) is 1. The van der Waals surface area contributed by atoms with Crippen molar-refractivity contribution in [2.45, 2.75) is 31.8 Å². The zero-order chi connectivity index (χ0) is 13.5. The molecule has 1 heterocycles. The van der Waals surface area contributed by atoms with E-state index in [9.17, 15) is 9.59 Å². The van der Waals surface area contributed by atoms with Gasteiger partial charge in [-0.05, 0) is 31.0 Å². The largest absolute Gasteiger partial charge is 0.481 e. The van der Waals surface area contributed by atoms with Gasteiger partial charge < -0.3 is 16.2 Å². The molecule has 4 N–H and O–H groups in total. The number of carbonyl (C=O) groups excluding carboxylic acids is 1. The molecule has 18 heavy (non-hydrogen) atoms. The van der Waals surface area contributed by atoms with Crippen LogP contribution in [-0.4, -0.2) is 28.0 Å². The van der Waals surface area contributed by atoms with Crippen LogP contribution in [0.4, 0.5) is 0 Å². The van der Waals surface area contributed by atoms with Gasteiger partial charge in [-0.2, -0.15) is 0 Å². The third-order valence-corrected chi connectivity index (χ3v) is 2.57. The van der Waals surface area contributed by atoms with E-state index in [-0.39, 0.29) is 24.8 Å². The number of carboxylic acid groups (broad SMARTS) is 1. The minimum absolute atomic E-state index is 0.113. The molecule has 6 heteroatoms. The maximum Gasteiger partial charge on any atom is 0.303 e. The van der Waals surface area contributed by atoms with Crippen molar-refractivity contribution < 1.29 is 14.7 Å². The lowest BCUT2D eigenvalue weighted by Gasteiger charge is -2.17. The quantitative estimate of drug-likeness (QED) is 0.680. The number of amides is 1. The van der Waals surface area contributed by atoms with Crippen molar-refractivity contribution in [1.29, 1.82) is 0 Å². The molecule has 1 unspecified atom stereocenters. The van der Waals surface area contributed by atoms with E-state index in [0.29, 0.717) is 0 Å². The Hall–Kier alpha value is -1.95. The van der Waals surface area contributed by atoms with Crippen molar-refractivity contribution in [3.63, 3.8) is 0 Å². The second kappa shape index (κ2) is 6.70. The highest BCUT2D eigenvalue weighted by Gasteiger charge is 2.17. The first-order valence-corrected chi connectivity index (χ1v) is 5.68. The average molecular weight is 251 g/mol. The van der Waals surface area contributed by atoms with E-state index in [1.807, 2.05) is 6.92 Å². The van der Waals surface area contributed by atoms with Crippen LogP contribution in [0.5, 0.6) is 0 Å². The van der Waals surface area contributed by atoms with Gasteiger partial charge >= 0.3 is 5.97 Å². The number of pyridine rings is 1. The molecule has 0 bridgehead atoms. The Morgan fingerprint density at radius 1 is 1.44 bits per heavy atom. The summed E-state index contributed by atoms with van der Waals surface area (Å²) in [5, 5.41) is 11.2. The van der Waals surface area contributed by atoms with Gasteiger partial charge in [0.2, 0.25) is 5.91 Å². The third kappa shape index (κ3) is 4.50. The highest BCUT2D eigenvalue weighted by Crippen LogP contribution is 2.10. The van der Waals surface area contributed by atoms with Crippen molar-refractivity contribution in [3.05, 3.63) is 30.1 Å². The number of rotatable bonds is 6. The lowest BCUT2D eigenvalue weighted by molar-refractivity contribution is -0.137. The summed E-state index contributed by atoms with van der Waals surface area (Å²) < 4.78 is 0. The second-order valence-corrected chi connectivity index (χ2v) is 4.05. The highest BCUT2D eigenvalue weighted by atomic mass is 16.4. The van der Waals surface area contributed by atoms with Crippen molar-refractivity contribution >= 4 is 11.9 Å². The molecule has 1 aromatic rings. The van der Waals surface area contributed by atoms with Crippen LogP contribution in [0.3, 0.4) is 0 Å². The van der Waals surface area contributed by atoms with Crippen molar-refractivity contribution in [1.82, 2.24) is 10.3 Å². The molecule has 0 fully saturated rings. The van der Waals surface area contributed by atoms with E-state index in [0.717, 1.165) is 5.56 Å². The van der Waals surface area contributed by atoms with Gasteiger partial charge in [-0.15, -0.1) is 0 Å². The molecule has 0 saturated carbocycles. The summed E-state index contributed by atoms with van der Waals surface area (Å²) in [4.78, 5) is 26.0. The molecule has 1 amide bonds. The van der Waals surface area contributed by atoms with E-state index in [2.05, 4.69) is 10.3 Å². The minimum Gasteiger partial charge on any atom is -0.481 e. The number of hydrogen-bond acceptors (Lipinski definition) is 4. The van der Waals surface area contributed by atoms with Crippen molar-refractivity contribution in [3.8, 4) is 0 Å². The molecule has 0 radical (unpaired) electrons. The maximum atomic E-state index is 11.7. The maximum absolute atomic E-state index is 11.7. The smallest absolute Gasteiger partial charge is 0.303 e. The van der Waals surface area contributed by atoms with E-state index < -0.39 is 12.0 Å². The molecule has 6 nitrogen and oxygen atoms in total. The van der Waals surface area contributed by atoms with Gasteiger partial charge in [-0.1, -0.05) is 0 Å². The molecule has 2 atom stereocenters. The number of nitrogens with zero attached hydrogens (tertiary/aromatic N) is 1. The molecule has 1 rings (SSSR count). The molecular weight excluding hydrogens is 234 g/mol. The van der Waals surface area contributed by atoms with Gasteiger partial charge in [0.25, 0.3) is 0 Å². The Balaban J connectivity index is 2.46. The number of aliphatic carboxylic acids is 1. The molecule has 1 aromatic heterocycles. The van der Waals surface area contributed by atoms with E-state index in [1.54, 1.807) is 24.5 Å². The molecule has 0 spiro atoms. The normalized spacial score (nSPS) is 13.7. The van der Waals surface area contributed by atoms with Crippen LogP contribution in [-0.2, 0) is 9.59 Å². The molecule has 0 aliphatic carbocycles. The summed E-state index contributed by atoms with van der Waals surface area (Å²) in [5.74, 6) is -1.30. The Labute approximate surface area is 105 Å². The third-order valence-electron chi connectivity index (χ3n) is 2.57. The average Bonchev–Trinajstić information content (AvgIpc) is 2.36.